The number of ether oxygens (including phenoxy) is 1. The lowest BCUT2D eigenvalue weighted by Crippen LogP contribution is -2.31. The van der Waals surface area contributed by atoms with Crippen LogP contribution in [-0.4, -0.2) is 45.7 Å². The molecule has 0 radical (unpaired) electrons. The van der Waals surface area contributed by atoms with Crippen LogP contribution in [0.3, 0.4) is 0 Å². The quantitative estimate of drug-likeness (QED) is 0.159. The molecule has 1 saturated heterocycles. The molecule has 0 unspecified atom stereocenters. The second kappa shape index (κ2) is 11.7. The molecule has 2 N–H and O–H groups in total. The number of esters is 1. The Bertz CT molecular complexity index is 1450. The van der Waals surface area contributed by atoms with Crippen molar-refractivity contribution in [2.24, 2.45) is 0 Å². The molecule has 1 aliphatic rings. The van der Waals surface area contributed by atoms with Gasteiger partial charge in [0.05, 0.1) is 36.1 Å². The molecule has 0 amide bonds. The van der Waals surface area contributed by atoms with Crippen molar-refractivity contribution in [3.05, 3.63) is 113 Å². The SMILES string of the molecule is COC(=O)c1ccccc1-n1c(C)cc([C@H]2[C@H](c3ccccn3)NC(=S)N2CCCNc2ccccc2)c1C. The van der Waals surface area contributed by atoms with Gasteiger partial charge in [0.2, 0.25) is 0 Å². The van der Waals surface area contributed by atoms with E-state index in [4.69, 9.17) is 17.0 Å². The third-order valence-electron chi connectivity index (χ3n) is 7.22. The summed E-state index contributed by atoms with van der Waals surface area (Å²) in [5.74, 6) is -0.359. The van der Waals surface area contributed by atoms with Crippen LogP contribution >= 0.6 is 12.2 Å². The van der Waals surface area contributed by atoms with E-state index >= 15 is 0 Å². The fourth-order valence-electron chi connectivity index (χ4n) is 5.43. The highest BCUT2D eigenvalue weighted by atomic mass is 32.1. The molecule has 2 atom stereocenters. The molecule has 0 spiro atoms. The number of aromatic nitrogens is 2. The molecule has 39 heavy (non-hydrogen) atoms. The summed E-state index contributed by atoms with van der Waals surface area (Å²) in [5, 5.41) is 7.77. The average Bonchev–Trinajstić information content (AvgIpc) is 3.45. The lowest BCUT2D eigenvalue weighted by Gasteiger charge is -2.28. The number of nitrogens with one attached hydrogen (secondary N) is 2. The van der Waals surface area contributed by atoms with Gasteiger partial charge in [-0.05, 0) is 80.5 Å². The number of hydrogen-bond acceptors (Lipinski definition) is 5. The Morgan fingerprint density at radius 2 is 1.79 bits per heavy atom. The van der Waals surface area contributed by atoms with Crippen molar-refractivity contribution in [1.82, 2.24) is 19.8 Å². The largest absolute Gasteiger partial charge is 0.465 e. The monoisotopic (exact) mass is 539 g/mol. The predicted molar refractivity (Wildman–Crippen MR) is 158 cm³/mol. The van der Waals surface area contributed by atoms with E-state index in [2.05, 4.69) is 57.1 Å². The number of thiocarbonyl (C=S) groups is 1. The molecule has 200 valence electrons. The molecule has 8 heteroatoms. The number of pyridine rings is 1. The molecule has 7 nitrogen and oxygen atoms in total. The normalized spacial score (nSPS) is 16.7. The van der Waals surface area contributed by atoms with E-state index < -0.39 is 0 Å². The van der Waals surface area contributed by atoms with Crippen molar-refractivity contribution < 1.29 is 9.53 Å². The lowest BCUT2D eigenvalue weighted by atomic mass is 9.96. The zero-order chi connectivity index (χ0) is 27.4. The molecule has 2 aromatic carbocycles. The van der Waals surface area contributed by atoms with Gasteiger partial charge in [0.15, 0.2) is 5.11 Å². The molecule has 1 fully saturated rings. The molecule has 4 aromatic rings. The molecule has 2 aromatic heterocycles. The van der Waals surface area contributed by atoms with Crippen LogP contribution < -0.4 is 10.6 Å². The maximum absolute atomic E-state index is 12.6. The Hall–Kier alpha value is -4.17. The van der Waals surface area contributed by atoms with Crippen molar-refractivity contribution in [3.8, 4) is 5.69 Å². The van der Waals surface area contributed by atoms with Crippen LogP contribution in [0.15, 0.2) is 85.1 Å². The van der Waals surface area contributed by atoms with Gasteiger partial charge in [-0.2, -0.15) is 0 Å². The van der Waals surface area contributed by atoms with E-state index in [9.17, 15) is 4.79 Å². The summed E-state index contributed by atoms with van der Waals surface area (Å²) < 4.78 is 7.21. The van der Waals surface area contributed by atoms with Gasteiger partial charge in [0.1, 0.15) is 0 Å². The first-order valence-corrected chi connectivity index (χ1v) is 13.5. The van der Waals surface area contributed by atoms with Crippen LogP contribution in [0.4, 0.5) is 5.69 Å². The van der Waals surface area contributed by atoms with Gasteiger partial charge in [-0.25, -0.2) is 4.79 Å². The van der Waals surface area contributed by atoms with E-state index in [-0.39, 0.29) is 18.1 Å². The Balaban J connectivity index is 1.49. The zero-order valence-corrected chi connectivity index (χ0v) is 23.2. The summed E-state index contributed by atoms with van der Waals surface area (Å²) in [6, 6.07) is 25.8. The van der Waals surface area contributed by atoms with Crippen molar-refractivity contribution in [3.63, 3.8) is 0 Å². The Kier molecular flexibility index (Phi) is 7.93. The average molecular weight is 540 g/mol. The fourth-order valence-corrected chi connectivity index (χ4v) is 5.76. The zero-order valence-electron chi connectivity index (χ0n) is 22.4. The summed E-state index contributed by atoms with van der Waals surface area (Å²) in [6.07, 6.45) is 2.73. The minimum Gasteiger partial charge on any atom is -0.465 e. The summed E-state index contributed by atoms with van der Waals surface area (Å²) in [4.78, 5) is 19.5. The highest BCUT2D eigenvalue weighted by Crippen LogP contribution is 2.41. The third kappa shape index (κ3) is 5.38. The molecular formula is C31H33N5O2S. The number of rotatable bonds is 9. The van der Waals surface area contributed by atoms with E-state index in [1.807, 2.05) is 60.8 Å². The molecule has 5 rings (SSSR count). The van der Waals surface area contributed by atoms with Crippen molar-refractivity contribution in [2.45, 2.75) is 32.4 Å². The van der Waals surface area contributed by atoms with E-state index in [0.29, 0.717) is 5.56 Å². The van der Waals surface area contributed by atoms with E-state index in [0.717, 1.165) is 58.6 Å². The van der Waals surface area contributed by atoms with E-state index in [1.54, 1.807) is 6.07 Å². The van der Waals surface area contributed by atoms with E-state index in [1.165, 1.54) is 7.11 Å². The Morgan fingerprint density at radius 1 is 1.05 bits per heavy atom. The lowest BCUT2D eigenvalue weighted by molar-refractivity contribution is 0.0600. The predicted octanol–water partition coefficient (Wildman–Crippen LogP) is 5.75. The van der Waals surface area contributed by atoms with Crippen LogP contribution in [0.25, 0.3) is 5.69 Å². The molecule has 0 saturated carbocycles. The van der Waals surface area contributed by atoms with Gasteiger partial charge < -0.3 is 24.8 Å². The van der Waals surface area contributed by atoms with Gasteiger partial charge in [0, 0.05) is 36.4 Å². The Labute approximate surface area is 234 Å². The van der Waals surface area contributed by atoms with Crippen LogP contribution in [0, 0.1) is 13.8 Å². The summed E-state index contributed by atoms with van der Waals surface area (Å²) >= 11 is 5.88. The van der Waals surface area contributed by atoms with Crippen LogP contribution in [0.5, 0.6) is 0 Å². The first-order valence-electron chi connectivity index (χ1n) is 13.1. The van der Waals surface area contributed by atoms with Gasteiger partial charge in [-0.1, -0.05) is 36.4 Å². The molecule has 0 bridgehead atoms. The van der Waals surface area contributed by atoms with Crippen LogP contribution in [0.1, 0.15) is 51.5 Å². The first kappa shape index (κ1) is 26.4. The van der Waals surface area contributed by atoms with Crippen molar-refractivity contribution in [1.29, 1.82) is 0 Å². The minimum atomic E-state index is -0.359. The number of para-hydroxylation sites is 2. The van der Waals surface area contributed by atoms with Gasteiger partial charge in [0.25, 0.3) is 0 Å². The van der Waals surface area contributed by atoms with Crippen molar-refractivity contribution >= 4 is 29.0 Å². The molecule has 0 aliphatic carbocycles. The van der Waals surface area contributed by atoms with Gasteiger partial charge >= 0.3 is 5.97 Å². The van der Waals surface area contributed by atoms with Gasteiger partial charge in [-0.3, -0.25) is 4.98 Å². The summed E-state index contributed by atoms with van der Waals surface area (Å²) in [6.45, 7) is 5.77. The number of anilines is 1. The topological polar surface area (TPSA) is 71.4 Å². The smallest absolute Gasteiger partial charge is 0.339 e. The molecule has 1 aliphatic heterocycles. The number of nitrogens with zero attached hydrogens (tertiary/aromatic N) is 3. The third-order valence-corrected chi connectivity index (χ3v) is 7.57. The van der Waals surface area contributed by atoms with Crippen LogP contribution in [-0.2, 0) is 4.74 Å². The van der Waals surface area contributed by atoms with Gasteiger partial charge in [-0.15, -0.1) is 0 Å². The molecule has 3 heterocycles. The highest BCUT2D eigenvalue weighted by molar-refractivity contribution is 7.80. The first-order chi connectivity index (χ1) is 19.0. The maximum Gasteiger partial charge on any atom is 0.339 e. The maximum atomic E-state index is 12.6. The minimum absolute atomic E-state index is 0.0608. The second-order valence-corrected chi connectivity index (χ2v) is 10.0. The standard InChI is InChI=1S/C31H33N5O2S/c1-21-20-25(22(2)36(21)27-16-8-7-14-24(27)30(37)38-3)29-28(26-15-9-10-17-33-26)34-31(39)35(29)19-11-18-32-23-12-5-4-6-13-23/h4-10,12-17,20,28-29,32H,11,18-19H2,1-3H3,(H,34,39)/t28-,29-/m0/s1. The number of hydrogen-bond donors (Lipinski definition) is 2. The number of benzene rings is 2. The Morgan fingerprint density at radius 3 is 2.54 bits per heavy atom. The number of carbonyl (C=O) groups excluding carboxylic acids is 1. The highest BCUT2D eigenvalue weighted by Gasteiger charge is 2.41. The summed E-state index contributed by atoms with van der Waals surface area (Å²) in [7, 11) is 1.41. The number of carbonyl (C=O) groups is 1. The number of methoxy groups -OCH3 is 1. The summed E-state index contributed by atoms with van der Waals surface area (Å²) in [5.41, 5.74) is 6.59. The second-order valence-electron chi connectivity index (χ2n) is 9.64. The molecular weight excluding hydrogens is 506 g/mol. The fraction of sp³-hybridized carbons (Fsp3) is 0.258. The van der Waals surface area contributed by atoms with Crippen molar-refractivity contribution in [2.75, 3.05) is 25.5 Å². The number of aryl methyl sites for hydroxylation is 1. The van der Waals surface area contributed by atoms with Crippen LogP contribution in [0.2, 0.25) is 0 Å².